The van der Waals surface area contributed by atoms with Crippen LogP contribution in [0.2, 0.25) is 0 Å². The first-order valence-electron chi connectivity index (χ1n) is 8.21. The van der Waals surface area contributed by atoms with Gasteiger partial charge < -0.3 is 14.5 Å². The van der Waals surface area contributed by atoms with Crippen molar-refractivity contribution in [2.24, 2.45) is 0 Å². The third kappa shape index (κ3) is 4.47. The van der Waals surface area contributed by atoms with E-state index < -0.39 is 0 Å². The van der Waals surface area contributed by atoms with Gasteiger partial charge in [-0.1, -0.05) is 11.6 Å². The Morgan fingerprint density at radius 2 is 1.96 bits per heavy atom. The maximum atomic E-state index is 12.8. The SMILES string of the molecule is COC(=O)CCCN(C)C(=O)c1cc(C)ccc1N1CCCC1. The highest BCUT2D eigenvalue weighted by atomic mass is 16.5. The van der Waals surface area contributed by atoms with Crippen molar-refractivity contribution < 1.29 is 14.3 Å². The van der Waals surface area contributed by atoms with Gasteiger partial charge in [0.05, 0.1) is 12.7 Å². The quantitative estimate of drug-likeness (QED) is 0.757. The van der Waals surface area contributed by atoms with Crippen LogP contribution in [0.5, 0.6) is 0 Å². The first kappa shape index (κ1) is 17.3. The topological polar surface area (TPSA) is 49.9 Å². The van der Waals surface area contributed by atoms with Crippen molar-refractivity contribution in [3.8, 4) is 0 Å². The summed E-state index contributed by atoms with van der Waals surface area (Å²) in [5, 5.41) is 0. The van der Waals surface area contributed by atoms with E-state index in [0.717, 1.165) is 29.9 Å². The number of hydrogen-bond acceptors (Lipinski definition) is 4. The highest BCUT2D eigenvalue weighted by Crippen LogP contribution is 2.26. The van der Waals surface area contributed by atoms with Crippen molar-refractivity contribution in [3.63, 3.8) is 0 Å². The molecule has 0 aromatic heterocycles. The van der Waals surface area contributed by atoms with Gasteiger partial charge in [-0.2, -0.15) is 0 Å². The number of aryl methyl sites for hydroxylation is 1. The summed E-state index contributed by atoms with van der Waals surface area (Å²) in [5.74, 6) is -0.223. The van der Waals surface area contributed by atoms with E-state index in [2.05, 4.69) is 21.8 Å². The highest BCUT2D eigenvalue weighted by molar-refractivity contribution is 6.00. The molecule has 0 atom stereocenters. The summed E-state index contributed by atoms with van der Waals surface area (Å²) < 4.78 is 4.63. The third-order valence-corrected chi connectivity index (χ3v) is 4.28. The molecule has 1 fully saturated rings. The lowest BCUT2D eigenvalue weighted by Gasteiger charge is -2.24. The Morgan fingerprint density at radius 3 is 2.61 bits per heavy atom. The maximum Gasteiger partial charge on any atom is 0.305 e. The zero-order valence-corrected chi connectivity index (χ0v) is 14.3. The fourth-order valence-electron chi connectivity index (χ4n) is 2.92. The van der Waals surface area contributed by atoms with E-state index in [1.54, 1.807) is 11.9 Å². The van der Waals surface area contributed by atoms with Crippen molar-refractivity contribution in [1.29, 1.82) is 0 Å². The summed E-state index contributed by atoms with van der Waals surface area (Å²) in [4.78, 5) is 28.0. The van der Waals surface area contributed by atoms with Gasteiger partial charge >= 0.3 is 5.97 Å². The molecule has 1 aromatic rings. The Balaban J connectivity index is 2.08. The van der Waals surface area contributed by atoms with Gasteiger partial charge in [-0.05, 0) is 38.3 Å². The minimum absolute atomic E-state index is 0.0143. The molecule has 1 aliphatic rings. The number of benzene rings is 1. The number of nitrogens with zero attached hydrogens (tertiary/aromatic N) is 2. The molecular weight excluding hydrogens is 292 g/mol. The molecule has 5 heteroatoms. The van der Waals surface area contributed by atoms with Crippen molar-refractivity contribution in [3.05, 3.63) is 29.3 Å². The fourth-order valence-corrected chi connectivity index (χ4v) is 2.92. The van der Waals surface area contributed by atoms with Gasteiger partial charge in [0, 0.05) is 38.8 Å². The van der Waals surface area contributed by atoms with Gasteiger partial charge in [0.2, 0.25) is 0 Å². The standard InChI is InChI=1S/C18H26N2O3/c1-14-8-9-16(20-11-4-5-12-20)15(13-14)18(22)19(2)10-6-7-17(21)23-3/h8-9,13H,4-7,10-12H2,1-3H3. The van der Waals surface area contributed by atoms with Crippen molar-refractivity contribution in [2.45, 2.75) is 32.6 Å². The average Bonchev–Trinajstić information content (AvgIpc) is 3.07. The summed E-state index contributed by atoms with van der Waals surface area (Å²) in [5.41, 5.74) is 2.87. The molecule has 23 heavy (non-hydrogen) atoms. The van der Waals surface area contributed by atoms with Gasteiger partial charge in [0.1, 0.15) is 0 Å². The molecule has 126 valence electrons. The zero-order chi connectivity index (χ0) is 16.8. The molecule has 1 saturated heterocycles. The van der Waals surface area contributed by atoms with Gasteiger partial charge in [-0.15, -0.1) is 0 Å². The molecular formula is C18H26N2O3. The molecule has 0 spiro atoms. The van der Waals surface area contributed by atoms with Crippen LogP contribution in [0, 0.1) is 6.92 Å². The predicted octanol–water partition coefficient (Wildman–Crippen LogP) is 2.62. The van der Waals surface area contributed by atoms with Crippen LogP contribution in [0.3, 0.4) is 0 Å². The summed E-state index contributed by atoms with van der Waals surface area (Å²) in [6.45, 7) is 4.56. The predicted molar refractivity (Wildman–Crippen MR) is 90.8 cm³/mol. The van der Waals surface area contributed by atoms with Crippen molar-refractivity contribution in [1.82, 2.24) is 4.90 Å². The number of ether oxygens (including phenoxy) is 1. The molecule has 1 heterocycles. The smallest absolute Gasteiger partial charge is 0.305 e. The van der Waals surface area contributed by atoms with E-state index in [1.807, 2.05) is 13.0 Å². The average molecular weight is 318 g/mol. The van der Waals surface area contributed by atoms with Crippen LogP contribution in [0.1, 0.15) is 41.6 Å². The Morgan fingerprint density at radius 1 is 1.26 bits per heavy atom. The van der Waals surface area contributed by atoms with E-state index in [1.165, 1.54) is 20.0 Å². The van der Waals surface area contributed by atoms with Crippen molar-refractivity contribution in [2.75, 3.05) is 38.7 Å². The van der Waals surface area contributed by atoms with Crippen LogP contribution in [0.15, 0.2) is 18.2 Å². The van der Waals surface area contributed by atoms with Crippen LogP contribution >= 0.6 is 0 Å². The maximum absolute atomic E-state index is 12.8. The number of amides is 1. The summed E-state index contributed by atoms with van der Waals surface area (Å²) in [6.07, 6.45) is 3.30. The first-order chi connectivity index (χ1) is 11.0. The summed E-state index contributed by atoms with van der Waals surface area (Å²) in [6, 6.07) is 6.07. The first-order valence-corrected chi connectivity index (χ1v) is 8.21. The second-order valence-electron chi connectivity index (χ2n) is 6.12. The lowest BCUT2D eigenvalue weighted by Crippen LogP contribution is -2.30. The van der Waals surface area contributed by atoms with Crippen LogP contribution in [-0.4, -0.2) is 50.6 Å². The second-order valence-corrected chi connectivity index (χ2v) is 6.12. The van der Waals surface area contributed by atoms with Crippen molar-refractivity contribution >= 4 is 17.6 Å². The van der Waals surface area contributed by atoms with Gasteiger partial charge in [-0.25, -0.2) is 0 Å². The Labute approximate surface area is 138 Å². The van der Waals surface area contributed by atoms with Gasteiger partial charge in [0.15, 0.2) is 0 Å². The number of anilines is 1. The summed E-state index contributed by atoms with van der Waals surface area (Å²) in [7, 11) is 3.17. The molecule has 1 amide bonds. The molecule has 0 saturated carbocycles. The number of methoxy groups -OCH3 is 1. The minimum atomic E-state index is -0.237. The Kier molecular flexibility index (Phi) is 6.02. The molecule has 2 rings (SSSR count). The third-order valence-electron chi connectivity index (χ3n) is 4.28. The molecule has 1 aliphatic heterocycles. The van der Waals surface area contributed by atoms with Crippen LogP contribution in [0.4, 0.5) is 5.69 Å². The highest BCUT2D eigenvalue weighted by Gasteiger charge is 2.21. The van der Waals surface area contributed by atoms with E-state index in [4.69, 9.17) is 0 Å². The number of rotatable bonds is 6. The van der Waals surface area contributed by atoms with E-state index >= 15 is 0 Å². The largest absolute Gasteiger partial charge is 0.469 e. The number of carbonyl (C=O) groups excluding carboxylic acids is 2. The van der Waals surface area contributed by atoms with Crippen LogP contribution < -0.4 is 4.90 Å². The molecule has 0 radical (unpaired) electrons. The molecule has 5 nitrogen and oxygen atoms in total. The van der Waals surface area contributed by atoms with E-state index in [9.17, 15) is 9.59 Å². The van der Waals surface area contributed by atoms with Gasteiger partial charge in [0.25, 0.3) is 5.91 Å². The lowest BCUT2D eigenvalue weighted by atomic mass is 10.1. The summed E-state index contributed by atoms with van der Waals surface area (Å²) >= 11 is 0. The molecule has 0 unspecified atom stereocenters. The number of esters is 1. The number of hydrogen-bond donors (Lipinski definition) is 0. The molecule has 0 bridgehead atoms. The monoisotopic (exact) mass is 318 g/mol. The fraction of sp³-hybridized carbons (Fsp3) is 0.556. The zero-order valence-electron chi connectivity index (χ0n) is 14.3. The Hall–Kier alpha value is -2.04. The second kappa shape index (κ2) is 7.99. The normalized spacial score (nSPS) is 14.0. The van der Waals surface area contributed by atoms with Crippen LogP contribution in [0.25, 0.3) is 0 Å². The van der Waals surface area contributed by atoms with Gasteiger partial charge in [-0.3, -0.25) is 9.59 Å². The minimum Gasteiger partial charge on any atom is -0.469 e. The molecule has 0 N–H and O–H groups in total. The van der Waals surface area contributed by atoms with E-state index in [0.29, 0.717) is 19.4 Å². The lowest BCUT2D eigenvalue weighted by molar-refractivity contribution is -0.140. The number of carbonyl (C=O) groups is 2. The van der Waals surface area contributed by atoms with E-state index in [-0.39, 0.29) is 11.9 Å². The molecule has 1 aromatic carbocycles. The van der Waals surface area contributed by atoms with Crippen LogP contribution in [-0.2, 0) is 9.53 Å². The Bertz CT molecular complexity index is 565. The molecule has 0 aliphatic carbocycles.